The number of nitrogens with zero attached hydrogens (tertiary/aromatic N) is 4. The lowest BCUT2D eigenvalue weighted by molar-refractivity contribution is 0.478. The van der Waals surface area contributed by atoms with E-state index in [-0.39, 0.29) is 0 Å². The molecule has 142 valence electrons. The molecule has 0 aliphatic heterocycles. The molecule has 2 heterocycles. The van der Waals surface area contributed by atoms with Crippen molar-refractivity contribution in [2.45, 2.75) is 45.1 Å². The number of aromatic nitrogens is 4. The minimum atomic E-state index is 0.528. The Bertz CT molecular complexity index is 1110. The van der Waals surface area contributed by atoms with Gasteiger partial charge in [-0.2, -0.15) is 10.2 Å². The Morgan fingerprint density at radius 1 is 1.04 bits per heavy atom. The van der Waals surface area contributed by atoms with Gasteiger partial charge in [-0.05, 0) is 55.7 Å². The molecule has 0 unspecified atom stereocenters. The van der Waals surface area contributed by atoms with E-state index >= 15 is 0 Å². The highest BCUT2D eigenvalue weighted by atomic mass is 15.3. The van der Waals surface area contributed by atoms with Gasteiger partial charge in [-0.25, -0.2) is 4.68 Å². The summed E-state index contributed by atoms with van der Waals surface area (Å²) in [4.78, 5) is 0. The van der Waals surface area contributed by atoms with Crippen LogP contribution in [-0.2, 0) is 6.42 Å². The fourth-order valence-electron chi connectivity index (χ4n) is 4.39. The van der Waals surface area contributed by atoms with Crippen molar-refractivity contribution in [2.24, 2.45) is 0 Å². The highest BCUT2D eigenvalue weighted by Gasteiger charge is 2.22. The second-order valence-corrected chi connectivity index (χ2v) is 7.63. The zero-order valence-corrected chi connectivity index (χ0v) is 16.2. The van der Waals surface area contributed by atoms with Crippen LogP contribution in [0.4, 0.5) is 5.69 Å². The molecule has 2 aromatic carbocycles. The minimum absolute atomic E-state index is 0.528. The first-order valence-corrected chi connectivity index (χ1v) is 10.2. The zero-order valence-electron chi connectivity index (χ0n) is 16.2. The number of nitrogen functional groups attached to an aromatic ring is 1. The van der Waals surface area contributed by atoms with Crippen molar-refractivity contribution >= 4 is 16.6 Å². The third kappa shape index (κ3) is 2.78. The van der Waals surface area contributed by atoms with Gasteiger partial charge in [-0.1, -0.05) is 31.9 Å². The molecule has 0 spiro atoms. The van der Waals surface area contributed by atoms with Crippen LogP contribution in [0.2, 0.25) is 0 Å². The monoisotopic (exact) mass is 371 g/mol. The highest BCUT2D eigenvalue weighted by Crippen LogP contribution is 2.35. The van der Waals surface area contributed by atoms with Crippen LogP contribution in [-0.4, -0.2) is 19.6 Å². The van der Waals surface area contributed by atoms with Crippen LogP contribution in [0, 0.1) is 0 Å². The second kappa shape index (κ2) is 6.82. The maximum absolute atomic E-state index is 5.84. The van der Waals surface area contributed by atoms with Gasteiger partial charge in [0.2, 0.25) is 0 Å². The number of hydrogen-bond donors (Lipinski definition) is 1. The quantitative estimate of drug-likeness (QED) is 0.505. The lowest BCUT2D eigenvalue weighted by atomic mass is 10.1. The molecule has 1 fully saturated rings. The smallest absolute Gasteiger partial charge is 0.0741 e. The lowest BCUT2D eigenvalue weighted by Gasteiger charge is -2.12. The van der Waals surface area contributed by atoms with Crippen LogP contribution in [0.3, 0.4) is 0 Å². The molecule has 5 rings (SSSR count). The van der Waals surface area contributed by atoms with Crippen LogP contribution in [0.25, 0.3) is 27.8 Å². The highest BCUT2D eigenvalue weighted by molar-refractivity contribution is 5.86. The number of anilines is 1. The van der Waals surface area contributed by atoms with Crippen LogP contribution in [0.1, 0.15) is 44.3 Å². The van der Waals surface area contributed by atoms with Crippen molar-refractivity contribution in [1.29, 1.82) is 0 Å². The van der Waals surface area contributed by atoms with Crippen LogP contribution in [0.15, 0.2) is 54.7 Å². The fraction of sp³-hybridized carbons (Fsp3) is 0.304. The molecule has 4 aromatic rings. The number of nitrogens with two attached hydrogens (primary N) is 1. The summed E-state index contributed by atoms with van der Waals surface area (Å²) in [5.41, 5.74) is 12.3. The van der Waals surface area contributed by atoms with E-state index in [9.17, 15) is 0 Å². The van der Waals surface area contributed by atoms with Gasteiger partial charge in [0.05, 0.1) is 34.8 Å². The molecule has 2 N–H and O–H groups in total. The van der Waals surface area contributed by atoms with E-state index in [2.05, 4.69) is 41.0 Å². The number of aryl methyl sites for hydroxylation is 1. The van der Waals surface area contributed by atoms with E-state index in [4.69, 9.17) is 10.8 Å². The van der Waals surface area contributed by atoms with Gasteiger partial charge >= 0.3 is 0 Å². The Morgan fingerprint density at radius 2 is 1.82 bits per heavy atom. The third-order valence-electron chi connectivity index (χ3n) is 5.87. The van der Waals surface area contributed by atoms with Gasteiger partial charge in [-0.3, -0.25) is 4.68 Å². The van der Waals surface area contributed by atoms with Crippen LogP contribution < -0.4 is 5.73 Å². The zero-order chi connectivity index (χ0) is 19.1. The van der Waals surface area contributed by atoms with Crippen molar-refractivity contribution in [1.82, 2.24) is 19.6 Å². The fourth-order valence-corrected chi connectivity index (χ4v) is 4.39. The molecule has 28 heavy (non-hydrogen) atoms. The normalized spacial score (nSPS) is 14.9. The standard InChI is InChI=1S/C23H25N5/c1-2-21-20-12-7-16(15-23(20)28(26-21)18-5-3-4-6-18)22-13-14-25-27(22)19-10-8-17(24)9-11-19/h7-15,18H,2-6,24H2,1H3. The number of rotatable bonds is 4. The summed E-state index contributed by atoms with van der Waals surface area (Å²) < 4.78 is 4.26. The van der Waals surface area contributed by atoms with Gasteiger partial charge in [0, 0.05) is 16.6 Å². The molecule has 5 nitrogen and oxygen atoms in total. The molecule has 5 heteroatoms. The van der Waals surface area contributed by atoms with Gasteiger partial charge in [-0.15, -0.1) is 0 Å². The molecule has 0 amide bonds. The van der Waals surface area contributed by atoms with E-state index in [0.717, 1.165) is 29.1 Å². The summed E-state index contributed by atoms with van der Waals surface area (Å²) in [7, 11) is 0. The summed E-state index contributed by atoms with van der Waals surface area (Å²) in [6.45, 7) is 2.19. The molecule has 0 saturated heterocycles. The summed E-state index contributed by atoms with van der Waals surface area (Å²) in [5.74, 6) is 0. The van der Waals surface area contributed by atoms with Gasteiger partial charge in [0.15, 0.2) is 0 Å². The van der Waals surface area contributed by atoms with E-state index in [1.165, 1.54) is 42.3 Å². The van der Waals surface area contributed by atoms with E-state index in [1.54, 1.807) is 0 Å². The van der Waals surface area contributed by atoms with Crippen molar-refractivity contribution in [3.8, 4) is 16.9 Å². The molecule has 1 aliphatic rings. The average molecular weight is 371 g/mol. The lowest BCUT2D eigenvalue weighted by Crippen LogP contribution is -2.06. The first-order chi connectivity index (χ1) is 13.7. The average Bonchev–Trinajstić information content (AvgIpc) is 3.47. The molecule has 1 saturated carbocycles. The van der Waals surface area contributed by atoms with Crippen molar-refractivity contribution < 1.29 is 0 Å². The maximum Gasteiger partial charge on any atom is 0.0741 e. The van der Waals surface area contributed by atoms with Gasteiger partial charge in [0.25, 0.3) is 0 Å². The van der Waals surface area contributed by atoms with E-state index < -0.39 is 0 Å². The summed E-state index contributed by atoms with van der Waals surface area (Å²) in [6, 6.07) is 17.1. The topological polar surface area (TPSA) is 61.7 Å². The second-order valence-electron chi connectivity index (χ2n) is 7.63. The van der Waals surface area contributed by atoms with E-state index in [1.807, 2.05) is 35.1 Å². The summed E-state index contributed by atoms with van der Waals surface area (Å²) in [5, 5.41) is 10.8. The van der Waals surface area contributed by atoms with Gasteiger partial charge < -0.3 is 5.73 Å². The summed E-state index contributed by atoms with van der Waals surface area (Å²) in [6.07, 6.45) is 7.87. The van der Waals surface area contributed by atoms with Crippen molar-refractivity contribution in [3.05, 3.63) is 60.4 Å². The Balaban J connectivity index is 1.64. The third-order valence-corrected chi connectivity index (χ3v) is 5.87. The van der Waals surface area contributed by atoms with E-state index in [0.29, 0.717) is 6.04 Å². The first kappa shape index (κ1) is 17.0. The minimum Gasteiger partial charge on any atom is -0.399 e. The molecular weight excluding hydrogens is 346 g/mol. The molecule has 0 bridgehead atoms. The van der Waals surface area contributed by atoms with Crippen molar-refractivity contribution in [2.75, 3.05) is 5.73 Å². The Morgan fingerprint density at radius 3 is 2.57 bits per heavy atom. The van der Waals surface area contributed by atoms with Crippen LogP contribution >= 0.6 is 0 Å². The Labute approximate surface area is 164 Å². The maximum atomic E-state index is 5.84. The van der Waals surface area contributed by atoms with Crippen LogP contribution in [0.5, 0.6) is 0 Å². The Hall–Kier alpha value is -3.08. The first-order valence-electron chi connectivity index (χ1n) is 10.2. The number of benzene rings is 2. The summed E-state index contributed by atoms with van der Waals surface area (Å²) >= 11 is 0. The molecule has 0 radical (unpaired) electrons. The van der Waals surface area contributed by atoms with Crippen molar-refractivity contribution in [3.63, 3.8) is 0 Å². The Kier molecular flexibility index (Phi) is 4.15. The number of fused-ring (bicyclic) bond motifs is 1. The largest absolute Gasteiger partial charge is 0.399 e. The molecular formula is C23H25N5. The molecule has 0 atom stereocenters. The number of hydrogen-bond acceptors (Lipinski definition) is 3. The van der Waals surface area contributed by atoms with Gasteiger partial charge in [0.1, 0.15) is 0 Å². The molecule has 2 aromatic heterocycles. The predicted octanol–water partition coefficient (Wildman–Crippen LogP) is 5.15. The SMILES string of the molecule is CCc1nn(C2CCCC2)c2cc(-c3ccnn3-c3ccc(N)cc3)ccc12. The predicted molar refractivity (Wildman–Crippen MR) is 114 cm³/mol. The molecule has 1 aliphatic carbocycles.